The van der Waals surface area contributed by atoms with E-state index >= 15 is 0 Å². The summed E-state index contributed by atoms with van der Waals surface area (Å²) in [6.45, 7) is 7.76. The Morgan fingerprint density at radius 3 is 2.62 bits per heavy atom. The molecule has 2 aliphatic heterocycles. The van der Waals surface area contributed by atoms with Gasteiger partial charge in [-0.2, -0.15) is 0 Å². The van der Waals surface area contributed by atoms with Crippen molar-refractivity contribution in [2.45, 2.75) is 44.9 Å². The van der Waals surface area contributed by atoms with Crippen LogP contribution in [0.4, 0.5) is 4.39 Å². The minimum Gasteiger partial charge on any atom is -0.475 e. The van der Waals surface area contributed by atoms with Crippen molar-refractivity contribution in [3.8, 4) is 29.0 Å². The van der Waals surface area contributed by atoms with Crippen molar-refractivity contribution in [2.75, 3.05) is 40.0 Å². The summed E-state index contributed by atoms with van der Waals surface area (Å²) in [5, 5.41) is 9.16. The van der Waals surface area contributed by atoms with E-state index in [2.05, 4.69) is 48.6 Å². The normalized spacial score (nSPS) is 17.4. The Morgan fingerprint density at radius 1 is 1.12 bits per heavy atom. The number of likely N-dealkylation sites (tertiary alicyclic amines) is 1. The second-order valence-corrected chi connectivity index (χ2v) is 10.2. The third-order valence-corrected chi connectivity index (χ3v) is 7.76. The fourth-order valence-electron chi connectivity index (χ4n) is 5.43. The first-order valence-electron chi connectivity index (χ1n) is 13.5. The van der Waals surface area contributed by atoms with Crippen LogP contribution in [0.3, 0.4) is 0 Å². The molecule has 0 aromatic carbocycles. The van der Waals surface area contributed by atoms with Crippen molar-refractivity contribution < 1.29 is 18.6 Å². The molecule has 2 aliphatic rings. The number of piperidine rings is 1. The maximum absolute atomic E-state index is 13.4. The van der Waals surface area contributed by atoms with Crippen molar-refractivity contribution >= 4 is 5.65 Å². The summed E-state index contributed by atoms with van der Waals surface area (Å²) in [6.07, 6.45) is 4.46. The molecule has 0 bridgehead atoms. The van der Waals surface area contributed by atoms with Gasteiger partial charge in [0.05, 0.1) is 49.1 Å². The maximum atomic E-state index is 13.4. The molecule has 10 nitrogen and oxygen atoms in total. The Bertz CT molecular complexity index is 1540. The molecule has 11 heteroatoms. The topological polar surface area (TPSA) is 91.8 Å². The number of ether oxygens (including phenoxy) is 3. The van der Waals surface area contributed by atoms with Gasteiger partial charge in [0, 0.05) is 31.8 Å². The summed E-state index contributed by atoms with van der Waals surface area (Å²) < 4.78 is 34.6. The molecule has 6 heterocycles. The minimum absolute atomic E-state index is 0.154. The molecule has 0 N–H and O–H groups in total. The first-order valence-corrected chi connectivity index (χ1v) is 13.5. The molecule has 6 rings (SSSR count). The summed E-state index contributed by atoms with van der Waals surface area (Å²) in [5.74, 6) is 6.16. The third-order valence-electron chi connectivity index (χ3n) is 7.76. The highest BCUT2D eigenvalue weighted by Gasteiger charge is 2.31. The van der Waals surface area contributed by atoms with Crippen LogP contribution in [0.1, 0.15) is 49.0 Å². The van der Waals surface area contributed by atoms with Crippen LogP contribution in [-0.2, 0) is 9.47 Å². The van der Waals surface area contributed by atoms with Gasteiger partial charge in [-0.3, -0.25) is 14.3 Å². The molecule has 4 aromatic rings. The molecule has 2 saturated heterocycles. The Balaban J connectivity index is 1.28. The van der Waals surface area contributed by atoms with Crippen LogP contribution >= 0.6 is 0 Å². The Kier molecular flexibility index (Phi) is 7.47. The largest absolute Gasteiger partial charge is 0.475 e. The highest BCUT2D eigenvalue weighted by Crippen LogP contribution is 2.32. The van der Waals surface area contributed by atoms with Crippen LogP contribution in [0.15, 0.2) is 36.7 Å². The molecule has 0 saturated carbocycles. The van der Waals surface area contributed by atoms with E-state index in [1.165, 1.54) is 12.3 Å². The Hall–Kier alpha value is -3.85. The average molecular weight is 546 g/mol. The molecule has 208 valence electrons. The van der Waals surface area contributed by atoms with Crippen LogP contribution in [0.2, 0.25) is 0 Å². The summed E-state index contributed by atoms with van der Waals surface area (Å²) >= 11 is 0. The standard InChI is InChI=1S/C29H32FN7O3/c1-4-5-23-15-32-27-12-20(13-28(36(23)27)40-18-26(38-3)25-7-6-21(30)14-31-25)29-19(2)37(34-33-29)22-8-10-35(11-9-22)24-16-39-17-24/h6-7,12-15,22,24,26H,8-11,16-18H2,1-3H3. The molecule has 0 aliphatic carbocycles. The van der Waals surface area contributed by atoms with E-state index in [1.54, 1.807) is 26.3 Å². The maximum Gasteiger partial charge on any atom is 0.201 e. The van der Waals surface area contributed by atoms with Crippen LogP contribution in [-0.4, -0.2) is 80.3 Å². The van der Waals surface area contributed by atoms with Gasteiger partial charge in [0.1, 0.15) is 35.6 Å². The predicted octanol–water partition coefficient (Wildman–Crippen LogP) is 3.61. The lowest BCUT2D eigenvalue weighted by atomic mass is 10.0. The van der Waals surface area contributed by atoms with E-state index in [1.807, 2.05) is 16.5 Å². The summed E-state index contributed by atoms with van der Waals surface area (Å²) in [5.41, 5.74) is 4.61. The molecular weight excluding hydrogens is 513 g/mol. The molecule has 1 unspecified atom stereocenters. The van der Waals surface area contributed by atoms with Crippen LogP contribution < -0.4 is 4.74 Å². The van der Waals surface area contributed by atoms with E-state index < -0.39 is 11.9 Å². The summed E-state index contributed by atoms with van der Waals surface area (Å²) in [6, 6.07) is 7.73. The van der Waals surface area contributed by atoms with E-state index in [0.717, 1.165) is 56.1 Å². The second-order valence-electron chi connectivity index (χ2n) is 10.2. The van der Waals surface area contributed by atoms with Gasteiger partial charge in [0.25, 0.3) is 0 Å². The zero-order chi connectivity index (χ0) is 27.6. The van der Waals surface area contributed by atoms with Crippen LogP contribution in [0.25, 0.3) is 16.9 Å². The van der Waals surface area contributed by atoms with Gasteiger partial charge in [0.2, 0.25) is 5.88 Å². The average Bonchev–Trinajstić information content (AvgIpc) is 3.53. The highest BCUT2D eigenvalue weighted by molar-refractivity contribution is 5.68. The van der Waals surface area contributed by atoms with Crippen molar-refractivity contribution in [1.82, 2.24) is 34.3 Å². The number of aromatic nitrogens is 6. The lowest BCUT2D eigenvalue weighted by Crippen LogP contribution is -2.52. The number of nitrogens with zero attached hydrogens (tertiary/aromatic N) is 7. The van der Waals surface area contributed by atoms with E-state index in [-0.39, 0.29) is 6.61 Å². The van der Waals surface area contributed by atoms with Gasteiger partial charge in [-0.15, -0.1) is 5.10 Å². The number of halogens is 1. The van der Waals surface area contributed by atoms with E-state index in [4.69, 9.17) is 14.2 Å². The molecule has 0 radical (unpaired) electrons. The van der Waals surface area contributed by atoms with Gasteiger partial charge in [0.15, 0.2) is 0 Å². The highest BCUT2D eigenvalue weighted by atomic mass is 19.1. The van der Waals surface area contributed by atoms with Crippen LogP contribution in [0.5, 0.6) is 5.88 Å². The van der Waals surface area contributed by atoms with Crippen molar-refractivity contribution in [3.63, 3.8) is 0 Å². The zero-order valence-corrected chi connectivity index (χ0v) is 22.9. The van der Waals surface area contributed by atoms with Gasteiger partial charge in [-0.1, -0.05) is 11.1 Å². The number of rotatable bonds is 8. The zero-order valence-electron chi connectivity index (χ0n) is 22.9. The molecule has 0 spiro atoms. The first-order chi connectivity index (χ1) is 19.6. The fourth-order valence-corrected chi connectivity index (χ4v) is 5.43. The third kappa shape index (κ3) is 5.06. The first kappa shape index (κ1) is 26.4. The van der Waals surface area contributed by atoms with Gasteiger partial charge >= 0.3 is 0 Å². The van der Waals surface area contributed by atoms with Crippen molar-refractivity contribution in [3.05, 3.63) is 59.6 Å². The second kappa shape index (κ2) is 11.3. The molecule has 1 atom stereocenters. The van der Waals surface area contributed by atoms with Gasteiger partial charge in [-0.25, -0.2) is 14.1 Å². The number of fused-ring (bicyclic) bond motifs is 1. The number of hydrogen-bond acceptors (Lipinski definition) is 8. The van der Waals surface area contributed by atoms with E-state index in [9.17, 15) is 4.39 Å². The molecule has 0 amide bonds. The van der Waals surface area contributed by atoms with Gasteiger partial charge < -0.3 is 14.2 Å². The molecule has 2 fully saturated rings. The number of pyridine rings is 2. The molecule has 4 aromatic heterocycles. The Labute approximate surface area is 232 Å². The van der Waals surface area contributed by atoms with Gasteiger partial charge in [-0.05, 0) is 50.8 Å². The fraction of sp³-hybridized carbons (Fsp3) is 0.448. The van der Waals surface area contributed by atoms with Crippen LogP contribution in [0, 0.1) is 24.6 Å². The number of hydrogen-bond donors (Lipinski definition) is 0. The monoisotopic (exact) mass is 545 g/mol. The minimum atomic E-state index is -0.497. The summed E-state index contributed by atoms with van der Waals surface area (Å²) in [7, 11) is 1.57. The number of imidazole rings is 1. The SMILES string of the molecule is CC#Cc1cnc2cc(-c3nnn(C4CCN(C5COC5)CC4)c3C)cc(OCC(OC)c3ccc(F)cn3)n12. The van der Waals surface area contributed by atoms with E-state index in [0.29, 0.717) is 35.0 Å². The quantitative estimate of drug-likeness (QED) is 0.310. The Morgan fingerprint density at radius 2 is 1.95 bits per heavy atom. The predicted molar refractivity (Wildman–Crippen MR) is 145 cm³/mol. The summed E-state index contributed by atoms with van der Waals surface area (Å²) in [4.78, 5) is 11.3. The van der Waals surface area contributed by atoms with Crippen molar-refractivity contribution in [2.24, 2.45) is 0 Å². The number of methoxy groups -OCH3 is 1. The molecular formula is C29H32FN7O3. The smallest absolute Gasteiger partial charge is 0.201 e. The lowest BCUT2D eigenvalue weighted by molar-refractivity contribution is -0.0735. The van der Waals surface area contributed by atoms with Crippen molar-refractivity contribution in [1.29, 1.82) is 0 Å². The molecule has 40 heavy (non-hydrogen) atoms. The lowest BCUT2D eigenvalue weighted by Gasteiger charge is -2.41.